The Hall–Kier alpha value is -1.64. The highest BCUT2D eigenvalue weighted by atomic mass is 16.2. The second-order valence-electron chi connectivity index (χ2n) is 5.30. The monoisotopic (exact) mass is 217 g/mol. The smallest absolute Gasteiger partial charge is 0.261 e. The molecule has 0 spiro atoms. The summed E-state index contributed by atoms with van der Waals surface area (Å²) in [6.45, 7) is 6.49. The standard InChI is InChI=1S/C13H15NO2/c1-13(2,3)8-14-11(15)9-6-4-5-7-10(9)12(14)16/h4-7H,8H2,1-3H3. The maximum absolute atomic E-state index is 12.0. The van der Waals surface area contributed by atoms with Gasteiger partial charge in [0.2, 0.25) is 0 Å². The van der Waals surface area contributed by atoms with E-state index in [0.29, 0.717) is 17.7 Å². The van der Waals surface area contributed by atoms with Gasteiger partial charge in [-0.25, -0.2) is 0 Å². The zero-order valence-corrected chi connectivity index (χ0v) is 9.78. The lowest BCUT2D eigenvalue weighted by molar-refractivity contribution is 0.0600. The van der Waals surface area contributed by atoms with E-state index in [-0.39, 0.29) is 17.2 Å². The number of nitrogens with zero attached hydrogens (tertiary/aromatic N) is 1. The maximum Gasteiger partial charge on any atom is 0.261 e. The second-order valence-corrected chi connectivity index (χ2v) is 5.30. The molecule has 1 aliphatic rings. The first kappa shape index (κ1) is 10.9. The van der Waals surface area contributed by atoms with E-state index in [0.717, 1.165) is 0 Å². The first-order valence-corrected chi connectivity index (χ1v) is 5.35. The average Bonchev–Trinajstić information content (AvgIpc) is 2.43. The van der Waals surface area contributed by atoms with Crippen LogP contribution < -0.4 is 0 Å². The van der Waals surface area contributed by atoms with Crippen LogP contribution in [0.25, 0.3) is 0 Å². The molecule has 16 heavy (non-hydrogen) atoms. The Bertz CT molecular complexity index is 422. The molecule has 2 amide bonds. The van der Waals surface area contributed by atoms with Gasteiger partial charge in [-0.15, -0.1) is 0 Å². The Kier molecular flexibility index (Phi) is 2.34. The van der Waals surface area contributed by atoms with Crippen molar-refractivity contribution in [2.24, 2.45) is 5.41 Å². The van der Waals surface area contributed by atoms with Crippen molar-refractivity contribution in [2.75, 3.05) is 6.54 Å². The highest BCUT2D eigenvalue weighted by Gasteiger charge is 2.36. The van der Waals surface area contributed by atoms with E-state index >= 15 is 0 Å². The lowest BCUT2D eigenvalue weighted by Gasteiger charge is -2.24. The fraction of sp³-hybridized carbons (Fsp3) is 0.385. The van der Waals surface area contributed by atoms with Gasteiger partial charge in [-0.05, 0) is 17.5 Å². The van der Waals surface area contributed by atoms with E-state index in [2.05, 4.69) is 0 Å². The third-order valence-electron chi connectivity index (χ3n) is 2.51. The van der Waals surface area contributed by atoms with Crippen molar-refractivity contribution in [3.63, 3.8) is 0 Å². The summed E-state index contributed by atoms with van der Waals surface area (Å²) in [6.07, 6.45) is 0. The molecule has 0 bridgehead atoms. The summed E-state index contributed by atoms with van der Waals surface area (Å²) in [7, 11) is 0. The van der Waals surface area contributed by atoms with Gasteiger partial charge >= 0.3 is 0 Å². The quantitative estimate of drug-likeness (QED) is 0.677. The molecule has 0 saturated heterocycles. The van der Waals surface area contributed by atoms with Crippen molar-refractivity contribution in [1.29, 1.82) is 0 Å². The summed E-state index contributed by atoms with van der Waals surface area (Å²) in [4.78, 5) is 25.3. The van der Waals surface area contributed by atoms with Crippen LogP contribution in [0.4, 0.5) is 0 Å². The Morgan fingerprint density at radius 2 is 1.44 bits per heavy atom. The van der Waals surface area contributed by atoms with Crippen molar-refractivity contribution in [3.8, 4) is 0 Å². The maximum atomic E-state index is 12.0. The number of carbonyl (C=O) groups excluding carboxylic acids is 2. The van der Waals surface area contributed by atoms with Crippen LogP contribution in [-0.4, -0.2) is 23.3 Å². The zero-order chi connectivity index (χ0) is 11.9. The van der Waals surface area contributed by atoms with Crippen molar-refractivity contribution < 1.29 is 9.59 Å². The molecule has 1 aromatic carbocycles. The van der Waals surface area contributed by atoms with Gasteiger partial charge in [0.15, 0.2) is 0 Å². The SMILES string of the molecule is CC(C)(C)CN1C(=O)c2ccccc2C1=O. The van der Waals surface area contributed by atoms with Gasteiger partial charge in [-0.1, -0.05) is 32.9 Å². The largest absolute Gasteiger partial charge is 0.274 e. The fourth-order valence-corrected chi connectivity index (χ4v) is 1.86. The van der Waals surface area contributed by atoms with Crippen LogP contribution in [0.5, 0.6) is 0 Å². The highest BCUT2D eigenvalue weighted by molar-refractivity contribution is 6.21. The van der Waals surface area contributed by atoms with Crippen LogP contribution in [0.3, 0.4) is 0 Å². The van der Waals surface area contributed by atoms with Gasteiger partial charge in [0.05, 0.1) is 11.1 Å². The summed E-state index contributed by atoms with van der Waals surface area (Å²) in [5.41, 5.74) is 0.974. The van der Waals surface area contributed by atoms with E-state index in [1.807, 2.05) is 20.8 Å². The van der Waals surface area contributed by atoms with E-state index in [9.17, 15) is 9.59 Å². The van der Waals surface area contributed by atoms with Crippen LogP contribution >= 0.6 is 0 Å². The number of benzene rings is 1. The molecule has 1 heterocycles. The Balaban J connectivity index is 2.36. The number of rotatable bonds is 1. The molecule has 0 radical (unpaired) electrons. The molecule has 0 aromatic heterocycles. The van der Waals surface area contributed by atoms with Crippen LogP contribution in [0, 0.1) is 5.41 Å². The molecule has 0 atom stereocenters. The summed E-state index contributed by atoms with van der Waals surface area (Å²) in [5, 5.41) is 0. The lowest BCUT2D eigenvalue weighted by Crippen LogP contribution is -2.37. The molecule has 1 aliphatic heterocycles. The number of amides is 2. The topological polar surface area (TPSA) is 37.4 Å². The molecule has 3 nitrogen and oxygen atoms in total. The minimum atomic E-state index is -0.171. The first-order chi connectivity index (χ1) is 7.40. The first-order valence-electron chi connectivity index (χ1n) is 5.35. The lowest BCUT2D eigenvalue weighted by atomic mass is 9.96. The van der Waals surface area contributed by atoms with Gasteiger partial charge < -0.3 is 0 Å². The van der Waals surface area contributed by atoms with E-state index in [1.54, 1.807) is 24.3 Å². The van der Waals surface area contributed by atoms with Gasteiger partial charge in [-0.3, -0.25) is 14.5 Å². The van der Waals surface area contributed by atoms with Crippen LogP contribution in [0.2, 0.25) is 0 Å². The van der Waals surface area contributed by atoms with Gasteiger partial charge in [-0.2, -0.15) is 0 Å². The fourth-order valence-electron chi connectivity index (χ4n) is 1.86. The molecule has 0 fully saturated rings. The molecule has 0 saturated carbocycles. The zero-order valence-electron chi connectivity index (χ0n) is 9.78. The minimum absolute atomic E-state index is 0.0760. The van der Waals surface area contributed by atoms with Crippen LogP contribution in [0.1, 0.15) is 41.5 Å². The Labute approximate surface area is 95.1 Å². The molecular formula is C13H15NO2. The van der Waals surface area contributed by atoms with Gasteiger partial charge in [0, 0.05) is 6.54 Å². The molecular weight excluding hydrogens is 202 g/mol. The number of hydrogen-bond acceptors (Lipinski definition) is 2. The Morgan fingerprint density at radius 1 is 1.00 bits per heavy atom. The second kappa shape index (κ2) is 3.44. The predicted molar refractivity (Wildman–Crippen MR) is 61.3 cm³/mol. The normalized spacial score (nSPS) is 15.6. The van der Waals surface area contributed by atoms with Crippen molar-refractivity contribution >= 4 is 11.8 Å². The average molecular weight is 217 g/mol. The molecule has 1 aromatic rings. The van der Waals surface area contributed by atoms with E-state index in [4.69, 9.17) is 0 Å². The number of fused-ring (bicyclic) bond motifs is 1. The molecule has 0 unspecified atom stereocenters. The van der Waals surface area contributed by atoms with Crippen molar-refractivity contribution in [3.05, 3.63) is 35.4 Å². The third kappa shape index (κ3) is 1.73. The van der Waals surface area contributed by atoms with Gasteiger partial charge in [0.1, 0.15) is 0 Å². The predicted octanol–water partition coefficient (Wildman–Crippen LogP) is 2.33. The Morgan fingerprint density at radius 3 is 1.81 bits per heavy atom. The van der Waals surface area contributed by atoms with Crippen molar-refractivity contribution in [1.82, 2.24) is 4.90 Å². The summed E-state index contributed by atoms with van der Waals surface area (Å²) in [6, 6.07) is 6.98. The minimum Gasteiger partial charge on any atom is -0.274 e. The van der Waals surface area contributed by atoms with Crippen molar-refractivity contribution in [2.45, 2.75) is 20.8 Å². The molecule has 0 N–H and O–H groups in total. The van der Waals surface area contributed by atoms with E-state index in [1.165, 1.54) is 4.90 Å². The van der Waals surface area contributed by atoms with Gasteiger partial charge in [0.25, 0.3) is 11.8 Å². The number of carbonyl (C=O) groups is 2. The van der Waals surface area contributed by atoms with Crippen LogP contribution in [0.15, 0.2) is 24.3 Å². The summed E-state index contributed by atoms with van der Waals surface area (Å²) in [5.74, 6) is -0.342. The van der Waals surface area contributed by atoms with E-state index < -0.39 is 0 Å². The summed E-state index contributed by atoms with van der Waals surface area (Å²) >= 11 is 0. The molecule has 3 heteroatoms. The molecule has 84 valence electrons. The molecule has 2 rings (SSSR count). The summed E-state index contributed by atoms with van der Waals surface area (Å²) < 4.78 is 0. The number of hydrogen-bond donors (Lipinski definition) is 0. The molecule has 0 aliphatic carbocycles. The highest BCUT2D eigenvalue weighted by Crippen LogP contribution is 2.26. The third-order valence-corrected chi connectivity index (χ3v) is 2.51. The number of imide groups is 1. The van der Waals surface area contributed by atoms with Crippen LogP contribution in [-0.2, 0) is 0 Å².